The molecule has 3 aromatic rings. The Labute approximate surface area is 190 Å². The number of carbonyl (C=O) groups is 1. The van der Waals surface area contributed by atoms with Crippen LogP contribution in [0.2, 0.25) is 0 Å². The average Bonchev–Trinajstić information content (AvgIpc) is 3.22. The lowest BCUT2D eigenvalue weighted by molar-refractivity contribution is -0.137. The van der Waals surface area contributed by atoms with E-state index in [1.807, 2.05) is 0 Å². The highest BCUT2D eigenvalue weighted by Crippen LogP contribution is 2.36. The largest absolute Gasteiger partial charge is 0.416 e. The summed E-state index contributed by atoms with van der Waals surface area (Å²) in [5.41, 5.74) is 0.664. The standard InChI is InChI=1S/C23H19F5N4O2/c1-31(22(34)32-9-11-2-3-13(23(26,27)28)4-12(11)10-32)19-8-29-7-18-20(19)14-5-16(24)17(25)6-15(14)21(33)30-18/h2-6,19,29H,7-10H2,1H3,(H,30,33). The Morgan fingerprint density at radius 1 is 1.06 bits per heavy atom. The molecule has 0 spiro atoms. The zero-order valence-electron chi connectivity index (χ0n) is 17.9. The molecule has 3 heterocycles. The van der Waals surface area contributed by atoms with Crippen molar-refractivity contribution in [3.05, 3.63) is 80.3 Å². The van der Waals surface area contributed by atoms with Crippen molar-refractivity contribution in [1.82, 2.24) is 20.1 Å². The maximum Gasteiger partial charge on any atom is 0.416 e. The smallest absolute Gasteiger partial charge is 0.324 e. The third-order valence-corrected chi connectivity index (χ3v) is 6.45. The van der Waals surface area contributed by atoms with E-state index < -0.39 is 41.0 Å². The molecule has 11 heteroatoms. The van der Waals surface area contributed by atoms with Crippen molar-refractivity contribution in [3.63, 3.8) is 0 Å². The molecule has 0 saturated heterocycles. The number of nitrogens with zero attached hydrogens (tertiary/aromatic N) is 2. The SMILES string of the molecule is CN(C(=O)N1Cc2ccc(C(F)(F)F)cc2C1)C1CNCc2[nH]c(=O)c3cc(F)c(F)cc3c21. The summed E-state index contributed by atoms with van der Waals surface area (Å²) >= 11 is 0. The van der Waals surface area contributed by atoms with Crippen LogP contribution in [0.3, 0.4) is 0 Å². The Kier molecular flexibility index (Phi) is 5.12. The number of halogens is 5. The highest BCUT2D eigenvalue weighted by Gasteiger charge is 2.36. The van der Waals surface area contributed by atoms with Crippen molar-refractivity contribution >= 4 is 16.8 Å². The van der Waals surface area contributed by atoms with Crippen molar-refractivity contribution in [2.75, 3.05) is 13.6 Å². The Morgan fingerprint density at radius 2 is 1.74 bits per heavy atom. The highest BCUT2D eigenvalue weighted by molar-refractivity contribution is 5.87. The van der Waals surface area contributed by atoms with Gasteiger partial charge in [0, 0.05) is 44.5 Å². The zero-order valence-corrected chi connectivity index (χ0v) is 17.9. The third kappa shape index (κ3) is 3.60. The molecule has 34 heavy (non-hydrogen) atoms. The van der Waals surface area contributed by atoms with Crippen LogP contribution in [0.25, 0.3) is 10.8 Å². The van der Waals surface area contributed by atoms with E-state index in [9.17, 15) is 31.5 Å². The first-order valence-electron chi connectivity index (χ1n) is 10.5. The van der Waals surface area contributed by atoms with Gasteiger partial charge in [-0.3, -0.25) is 4.79 Å². The quantitative estimate of drug-likeness (QED) is 0.519. The lowest BCUT2D eigenvalue weighted by Gasteiger charge is -2.36. The van der Waals surface area contributed by atoms with E-state index in [4.69, 9.17) is 0 Å². The molecular formula is C23H19F5N4O2. The number of hydrogen-bond acceptors (Lipinski definition) is 3. The number of carbonyl (C=O) groups excluding carboxylic acids is 1. The molecule has 6 nitrogen and oxygen atoms in total. The molecule has 0 bridgehead atoms. The summed E-state index contributed by atoms with van der Waals surface area (Å²) in [5.74, 6) is -2.26. The predicted octanol–water partition coefficient (Wildman–Crippen LogP) is 4.04. The molecule has 2 aliphatic heterocycles. The monoisotopic (exact) mass is 478 g/mol. The maximum absolute atomic E-state index is 14.1. The molecule has 2 aliphatic rings. The van der Waals surface area contributed by atoms with Gasteiger partial charge in [-0.2, -0.15) is 13.2 Å². The fourth-order valence-electron chi connectivity index (χ4n) is 4.74. The van der Waals surface area contributed by atoms with Crippen LogP contribution in [-0.2, 0) is 25.8 Å². The van der Waals surface area contributed by atoms with Gasteiger partial charge in [0.2, 0.25) is 0 Å². The Morgan fingerprint density at radius 3 is 2.44 bits per heavy atom. The number of rotatable bonds is 1. The molecule has 2 amide bonds. The molecule has 0 aliphatic carbocycles. The molecular weight excluding hydrogens is 459 g/mol. The lowest BCUT2D eigenvalue weighted by atomic mass is 9.94. The first kappa shape index (κ1) is 22.3. The Bertz CT molecular complexity index is 1380. The van der Waals surface area contributed by atoms with Gasteiger partial charge in [0.25, 0.3) is 5.56 Å². The average molecular weight is 478 g/mol. The van der Waals surface area contributed by atoms with Crippen LogP contribution in [0.5, 0.6) is 0 Å². The molecule has 1 unspecified atom stereocenters. The van der Waals surface area contributed by atoms with E-state index >= 15 is 0 Å². The molecule has 1 atom stereocenters. The maximum atomic E-state index is 14.1. The first-order chi connectivity index (χ1) is 16.0. The van der Waals surface area contributed by atoms with E-state index in [0.29, 0.717) is 22.4 Å². The summed E-state index contributed by atoms with van der Waals surface area (Å²) in [6, 6.07) is 4.14. The number of hydrogen-bond donors (Lipinski definition) is 2. The number of alkyl halides is 3. The number of fused-ring (bicyclic) bond motifs is 4. The van der Waals surface area contributed by atoms with E-state index in [1.54, 1.807) is 0 Å². The number of pyridine rings is 1. The summed E-state index contributed by atoms with van der Waals surface area (Å²) < 4.78 is 67.1. The second-order valence-electron chi connectivity index (χ2n) is 8.54. The van der Waals surface area contributed by atoms with E-state index in [0.717, 1.165) is 24.3 Å². The van der Waals surface area contributed by atoms with E-state index in [2.05, 4.69) is 10.3 Å². The minimum Gasteiger partial charge on any atom is -0.324 e. The number of urea groups is 1. The summed E-state index contributed by atoms with van der Waals surface area (Å²) in [6.45, 7) is 0.722. The molecule has 0 radical (unpaired) electrons. The van der Waals surface area contributed by atoms with Gasteiger partial charge < -0.3 is 20.1 Å². The van der Waals surface area contributed by atoms with Gasteiger partial charge in [0.05, 0.1) is 17.0 Å². The van der Waals surface area contributed by atoms with Crippen molar-refractivity contribution in [2.45, 2.75) is 31.9 Å². The number of amides is 2. The topological polar surface area (TPSA) is 68.4 Å². The fourth-order valence-corrected chi connectivity index (χ4v) is 4.74. The summed E-state index contributed by atoms with van der Waals surface area (Å²) in [6.07, 6.45) is -4.48. The van der Waals surface area contributed by atoms with Gasteiger partial charge in [-0.1, -0.05) is 6.07 Å². The lowest BCUT2D eigenvalue weighted by Crippen LogP contribution is -2.46. The van der Waals surface area contributed by atoms with Crippen molar-refractivity contribution in [2.24, 2.45) is 0 Å². The number of H-pyrrole nitrogens is 1. The number of aromatic nitrogens is 1. The Hall–Kier alpha value is -3.47. The van der Waals surface area contributed by atoms with Gasteiger partial charge >= 0.3 is 12.2 Å². The van der Waals surface area contributed by atoms with Gasteiger partial charge in [-0.15, -0.1) is 0 Å². The second kappa shape index (κ2) is 7.79. The number of benzene rings is 2. The van der Waals surface area contributed by atoms with Crippen LogP contribution in [0, 0.1) is 11.6 Å². The minimum absolute atomic E-state index is 0.0155. The summed E-state index contributed by atoms with van der Waals surface area (Å²) in [7, 11) is 1.53. The van der Waals surface area contributed by atoms with Crippen molar-refractivity contribution in [3.8, 4) is 0 Å². The van der Waals surface area contributed by atoms with Gasteiger partial charge in [-0.25, -0.2) is 13.6 Å². The normalized spacial score (nSPS) is 17.6. The van der Waals surface area contributed by atoms with Crippen LogP contribution in [-0.4, -0.2) is 34.4 Å². The van der Waals surface area contributed by atoms with Crippen LogP contribution in [0.4, 0.5) is 26.7 Å². The molecule has 2 aromatic carbocycles. The third-order valence-electron chi connectivity index (χ3n) is 6.45. The van der Waals surface area contributed by atoms with Gasteiger partial charge in [0.1, 0.15) is 0 Å². The number of likely N-dealkylation sites (N-methyl/N-ethyl adjacent to an activating group) is 1. The molecule has 178 valence electrons. The molecule has 0 saturated carbocycles. The first-order valence-corrected chi connectivity index (χ1v) is 10.5. The van der Waals surface area contributed by atoms with Crippen LogP contribution < -0.4 is 10.9 Å². The van der Waals surface area contributed by atoms with Gasteiger partial charge in [0.15, 0.2) is 11.6 Å². The molecule has 2 N–H and O–H groups in total. The van der Waals surface area contributed by atoms with Crippen LogP contribution in [0.15, 0.2) is 35.1 Å². The predicted molar refractivity (Wildman–Crippen MR) is 113 cm³/mol. The highest BCUT2D eigenvalue weighted by atomic mass is 19.4. The summed E-state index contributed by atoms with van der Waals surface area (Å²) in [4.78, 5) is 31.2. The van der Waals surface area contributed by atoms with Crippen molar-refractivity contribution in [1.29, 1.82) is 0 Å². The fraction of sp³-hybridized carbons (Fsp3) is 0.304. The minimum atomic E-state index is -4.48. The van der Waals surface area contributed by atoms with Crippen molar-refractivity contribution < 1.29 is 26.7 Å². The zero-order chi connectivity index (χ0) is 24.4. The van der Waals surface area contributed by atoms with Crippen LogP contribution >= 0.6 is 0 Å². The van der Waals surface area contributed by atoms with E-state index in [1.165, 1.54) is 22.9 Å². The number of nitrogens with one attached hydrogen (secondary N) is 2. The van der Waals surface area contributed by atoms with E-state index in [-0.39, 0.29) is 37.0 Å². The Balaban J connectivity index is 1.48. The van der Waals surface area contributed by atoms with Crippen LogP contribution in [0.1, 0.15) is 34.0 Å². The summed E-state index contributed by atoms with van der Waals surface area (Å²) in [5, 5.41) is 3.28. The molecule has 5 rings (SSSR count). The molecule has 1 aromatic heterocycles. The number of aromatic amines is 1. The molecule has 0 fully saturated rings. The van der Waals surface area contributed by atoms with Gasteiger partial charge in [-0.05, 0) is 40.8 Å². The second-order valence-corrected chi connectivity index (χ2v) is 8.54.